The number of hydrogen-bond donors (Lipinski definition) is 1. The Hall–Kier alpha value is -2.10. The summed E-state index contributed by atoms with van der Waals surface area (Å²) >= 11 is 0. The van der Waals surface area contributed by atoms with Crippen LogP contribution < -0.4 is 0 Å². The van der Waals surface area contributed by atoms with Crippen molar-refractivity contribution in [2.24, 2.45) is 17.8 Å². The molecule has 3 rings (SSSR count). The maximum Gasteiger partial charge on any atom is 0.412 e. The summed E-state index contributed by atoms with van der Waals surface area (Å²) in [5.41, 5.74) is 0.383. The predicted octanol–water partition coefficient (Wildman–Crippen LogP) is 7.10. The molecule has 0 amide bonds. The van der Waals surface area contributed by atoms with Crippen molar-refractivity contribution in [1.29, 1.82) is 0 Å². The van der Waals surface area contributed by atoms with Crippen molar-refractivity contribution in [2.75, 3.05) is 19.8 Å². The van der Waals surface area contributed by atoms with Gasteiger partial charge in [0.2, 0.25) is 5.89 Å². The predicted molar refractivity (Wildman–Crippen MR) is 135 cm³/mol. The van der Waals surface area contributed by atoms with E-state index in [1.54, 1.807) is 19.9 Å². The fourth-order valence-electron chi connectivity index (χ4n) is 4.63. The Balaban J connectivity index is 1.48. The van der Waals surface area contributed by atoms with Crippen molar-refractivity contribution in [3.63, 3.8) is 0 Å². The second-order valence-corrected chi connectivity index (χ2v) is 10.6. The molecule has 6 nitrogen and oxygen atoms in total. The van der Waals surface area contributed by atoms with E-state index in [1.807, 2.05) is 13.8 Å². The molecular weight excluding hydrogens is 487 g/mol. The number of oxazole rings is 1. The summed E-state index contributed by atoms with van der Waals surface area (Å²) in [5, 5.41) is 9.81. The van der Waals surface area contributed by atoms with Crippen LogP contribution in [0.4, 0.5) is 13.2 Å². The van der Waals surface area contributed by atoms with Gasteiger partial charge in [-0.2, -0.15) is 13.2 Å². The molecule has 0 saturated heterocycles. The van der Waals surface area contributed by atoms with Crippen LogP contribution in [-0.2, 0) is 20.8 Å². The zero-order valence-electron chi connectivity index (χ0n) is 22.3. The number of aromatic nitrogens is 1. The van der Waals surface area contributed by atoms with E-state index in [9.17, 15) is 18.3 Å². The van der Waals surface area contributed by atoms with Crippen LogP contribution in [0.3, 0.4) is 0 Å². The Morgan fingerprint density at radius 1 is 1.27 bits per heavy atom. The molecule has 0 spiro atoms. The minimum absolute atomic E-state index is 0.0256. The number of aliphatic hydroxyl groups is 1. The molecule has 9 heteroatoms. The van der Waals surface area contributed by atoms with E-state index in [0.717, 1.165) is 31.8 Å². The van der Waals surface area contributed by atoms with Gasteiger partial charge in [0.15, 0.2) is 0 Å². The van der Waals surface area contributed by atoms with Crippen molar-refractivity contribution in [1.82, 2.24) is 4.98 Å². The third kappa shape index (κ3) is 8.72. The number of aliphatic hydroxyl groups excluding tert-OH is 1. The second kappa shape index (κ2) is 13.1. The highest BCUT2D eigenvalue weighted by Gasteiger charge is 2.38. The Labute approximate surface area is 217 Å². The summed E-state index contributed by atoms with van der Waals surface area (Å²) in [6, 6.07) is 0. The Kier molecular flexibility index (Phi) is 10.4. The van der Waals surface area contributed by atoms with E-state index >= 15 is 0 Å². The summed E-state index contributed by atoms with van der Waals surface area (Å²) in [6.07, 6.45) is 2.14. The molecule has 37 heavy (non-hydrogen) atoms. The van der Waals surface area contributed by atoms with E-state index in [1.165, 1.54) is 0 Å². The lowest BCUT2D eigenvalue weighted by atomic mass is 9.88. The van der Waals surface area contributed by atoms with Gasteiger partial charge >= 0.3 is 6.18 Å². The Morgan fingerprint density at radius 3 is 2.70 bits per heavy atom. The summed E-state index contributed by atoms with van der Waals surface area (Å²) in [4.78, 5) is 4.43. The van der Waals surface area contributed by atoms with Gasteiger partial charge in [0, 0.05) is 17.8 Å². The molecule has 2 aliphatic carbocycles. The molecule has 0 aromatic carbocycles. The number of nitrogens with zero attached hydrogens (tertiary/aromatic N) is 1. The third-order valence-corrected chi connectivity index (χ3v) is 6.81. The van der Waals surface area contributed by atoms with Gasteiger partial charge in [-0.1, -0.05) is 39.8 Å². The largest absolute Gasteiger partial charge is 0.510 e. The average molecular weight is 528 g/mol. The van der Waals surface area contributed by atoms with E-state index in [2.05, 4.69) is 11.6 Å². The van der Waals surface area contributed by atoms with Gasteiger partial charge in [0.1, 0.15) is 23.3 Å². The zero-order valence-corrected chi connectivity index (χ0v) is 22.3. The van der Waals surface area contributed by atoms with Crippen LogP contribution in [0.1, 0.15) is 70.2 Å². The molecule has 4 unspecified atom stereocenters. The first kappa shape index (κ1) is 29.5. The molecule has 0 bridgehead atoms. The molecule has 0 aliphatic heterocycles. The van der Waals surface area contributed by atoms with Crippen LogP contribution in [-0.4, -0.2) is 48.3 Å². The van der Waals surface area contributed by atoms with Gasteiger partial charge in [-0.15, -0.1) is 0 Å². The summed E-state index contributed by atoms with van der Waals surface area (Å²) < 4.78 is 63.3. The van der Waals surface area contributed by atoms with Crippen molar-refractivity contribution < 1.29 is 36.9 Å². The Morgan fingerprint density at radius 2 is 2.03 bits per heavy atom. The van der Waals surface area contributed by atoms with Gasteiger partial charge in [0.25, 0.3) is 0 Å². The lowest BCUT2D eigenvalue weighted by molar-refractivity contribution is -0.0983. The minimum atomic E-state index is -4.37. The molecule has 1 fully saturated rings. The number of aryl methyl sites for hydroxylation is 1. The molecule has 1 aromatic rings. The Bertz CT molecular complexity index is 966. The monoisotopic (exact) mass is 527 g/mol. The number of alkyl halides is 3. The van der Waals surface area contributed by atoms with Gasteiger partial charge in [-0.25, -0.2) is 4.98 Å². The highest BCUT2D eigenvalue weighted by atomic mass is 19.4. The number of rotatable bonds is 12. The highest BCUT2D eigenvalue weighted by Crippen LogP contribution is 2.39. The van der Waals surface area contributed by atoms with Crippen molar-refractivity contribution >= 4 is 5.57 Å². The maximum absolute atomic E-state index is 13.3. The lowest BCUT2D eigenvalue weighted by Gasteiger charge is -2.30. The quantitative estimate of drug-likeness (QED) is 0.292. The second-order valence-electron chi connectivity index (χ2n) is 10.6. The van der Waals surface area contributed by atoms with Crippen molar-refractivity contribution in [2.45, 2.75) is 84.8 Å². The van der Waals surface area contributed by atoms with Crippen LogP contribution in [0, 0.1) is 24.7 Å². The molecule has 0 radical (unpaired) electrons. The zero-order chi connectivity index (χ0) is 27.2. The molecule has 1 aromatic heterocycles. The molecule has 1 saturated carbocycles. The standard InChI is InChI=1S/C28H40F3NO5/c1-17(2)13-36-26(19(4)33)16-35-23-8-6-7-21(11-23)14-34-15-25-20(5)37-27(32-25)22-10-9-18(3)24(12-22)28(29,30)31/h10,12,17-18,21,23,26,33H,4,6-9,11,13-16H2,1-3,5H3. The number of halogens is 3. The first-order valence-corrected chi connectivity index (χ1v) is 13.1. The van der Waals surface area contributed by atoms with Gasteiger partial charge in [-0.05, 0) is 56.4 Å². The topological polar surface area (TPSA) is 74.0 Å². The minimum Gasteiger partial charge on any atom is -0.510 e. The van der Waals surface area contributed by atoms with Crippen LogP contribution in [0.2, 0.25) is 0 Å². The van der Waals surface area contributed by atoms with Crippen LogP contribution >= 0.6 is 0 Å². The van der Waals surface area contributed by atoms with E-state index in [-0.39, 0.29) is 37.4 Å². The van der Waals surface area contributed by atoms with Gasteiger partial charge < -0.3 is 23.7 Å². The maximum atomic E-state index is 13.3. The van der Waals surface area contributed by atoms with Gasteiger partial charge in [-0.3, -0.25) is 0 Å². The van der Waals surface area contributed by atoms with E-state index < -0.39 is 23.8 Å². The number of hydrogen-bond acceptors (Lipinski definition) is 6. The van der Waals surface area contributed by atoms with Gasteiger partial charge in [0.05, 0.1) is 25.9 Å². The molecule has 2 aliphatic rings. The molecule has 1 heterocycles. The summed E-state index contributed by atoms with van der Waals surface area (Å²) in [6.45, 7) is 12.5. The lowest BCUT2D eigenvalue weighted by Crippen LogP contribution is -2.31. The third-order valence-electron chi connectivity index (χ3n) is 6.81. The molecule has 4 atom stereocenters. The van der Waals surface area contributed by atoms with Crippen molar-refractivity contribution in [3.05, 3.63) is 47.4 Å². The van der Waals surface area contributed by atoms with E-state index in [0.29, 0.717) is 42.1 Å². The van der Waals surface area contributed by atoms with Crippen LogP contribution in [0.15, 0.2) is 34.5 Å². The smallest absolute Gasteiger partial charge is 0.412 e. The van der Waals surface area contributed by atoms with Crippen molar-refractivity contribution in [3.8, 4) is 0 Å². The normalized spacial score (nSPS) is 23.6. The molecular formula is C28H40F3NO5. The van der Waals surface area contributed by atoms with E-state index in [4.69, 9.17) is 18.6 Å². The summed E-state index contributed by atoms with van der Waals surface area (Å²) in [7, 11) is 0. The fourth-order valence-corrected chi connectivity index (χ4v) is 4.63. The van der Waals surface area contributed by atoms with Crippen LogP contribution in [0.5, 0.6) is 0 Å². The highest BCUT2D eigenvalue weighted by molar-refractivity contribution is 5.71. The average Bonchev–Trinajstić information content (AvgIpc) is 3.19. The molecule has 208 valence electrons. The number of allylic oxidation sites excluding steroid dienone is 4. The molecule has 1 N–H and O–H groups in total. The SMILES string of the molecule is C=C(O)C(COC1CCCC(COCc2nc(C3=CCC(C)C(C(F)(F)F)=C3)oc2C)C1)OCC(C)C. The summed E-state index contributed by atoms with van der Waals surface area (Å²) in [5.74, 6) is 0.778. The number of ether oxygens (including phenoxy) is 3. The fraction of sp³-hybridized carbons (Fsp3) is 0.679. The van der Waals surface area contributed by atoms with Crippen LogP contribution in [0.25, 0.3) is 5.57 Å². The first-order valence-electron chi connectivity index (χ1n) is 13.1. The first-order chi connectivity index (χ1) is 17.4.